The van der Waals surface area contributed by atoms with Gasteiger partial charge in [-0.15, -0.1) is 0 Å². The molecule has 0 N–H and O–H groups in total. The van der Waals surface area contributed by atoms with Crippen LogP contribution in [-0.4, -0.2) is 74.3 Å². The Labute approximate surface area is 203 Å². The van der Waals surface area contributed by atoms with Crippen LogP contribution in [0.25, 0.3) is 0 Å². The molecule has 2 saturated heterocycles. The minimum absolute atomic E-state index is 0.303. The molecule has 33 heavy (non-hydrogen) atoms. The number of unbranched alkanes of at least 4 members (excludes halogenated alkanes) is 3. The Balaban J connectivity index is 2.39. The maximum absolute atomic E-state index is 12.1. The number of esters is 2. The molecule has 0 radical (unpaired) electrons. The number of fused-ring (bicyclic) bond motifs is 1. The third kappa shape index (κ3) is 8.63. The van der Waals surface area contributed by atoms with E-state index in [2.05, 4.69) is 20.8 Å². The van der Waals surface area contributed by atoms with Crippen molar-refractivity contribution in [3.8, 4) is 0 Å². The Hall–Kier alpha value is -0.421. The first-order chi connectivity index (χ1) is 15.7. The summed E-state index contributed by atoms with van der Waals surface area (Å²) in [5, 5.41) is 0. The molecular formula is C24H44O8Sn. The molecule has 2 heterocycles. The van der Waals surface area contributed by atoms with Gasteiger partial charge in [0.25, 0.3) is 0 Å². The first-order valence-corrected chi connectivity index (χ1v) is 19.9. The second-order valence-electron chi connectivity index (χ2n) is 9.30. The number of hydrogen-bond donors (Lipinski definition) is 0. The van der Waals surface area contributed by atoms with Crippen molar-refractivity contribution in [1.82, 2.24) is 0 Å². The van der Waals surface area contributed by atoms with E-state index in [9.17, 15) is 9.59 Å². The van der Waals surface area contributed by atoms with Gasteiger partial charge in [-0.2, -0.15) is 0 Å². The Bertz CT molecular complexity index is 593. The molecule has 0 amide bonds. The van der Waals surface area contributed by atoms with Gasteiger partial charge in [-0.05, 0) is 0 Å². The summed E-state index contributed by atoms with van der Waals surface area (Å²) >= 11 is -3.15. The van der Waals surface area contributed by atoms with Crippen LogP contribution < -0.4 is 0 Å². The van der Waals surface area contributed by atoms with E-state index in [-0.39, 0.29) is 0 Å². The molecule has 0 aromatic rings. The molecule has 0 bridgehead atoms. The molecule has 0 spiro atoms. The zero-order valence-corrected chi connectivity index (χ0v) is 24.2. The predicted molar refractivity (Wildman–Crippen MR) is 126 cm³/mol. The zero-order chi connectivity index (χ0) is 24.4. The van der Waals surface area contributed by atoms with Gasteiger partial charge < -0.3 is 0 Å². The third-order valence-corrected chi connectivity index (χ3v) is 19.3. The molecule has 2 aliphatic rings. The number of carbonyl (C=O) groups is 2. The Morgan fingerprint density at radius 2 is 1.36 bits per heavy atom. The molecule has 0 aliphatic carbocycles. The van der Waals surface area contributed by atoms with Crippen molar-refractivity contribution in [2.45, 2.75) is 130 Å². The zero-order valence-electron chi connectivity index (χ0n) is 21.3. The standard InChI is InChI=1S/C12H17O8.3C4H9.Sn/c1-5(13)17-10-9-8(4-16-7(3)19-9)20-12(15)11(10)18-6(2)14;3*1-3-4-2;/h7-12H,4H2,1-3H3;3*1,3-4H2,2H3;/q-1;;;;+1/t7-,8-,9-,10+,11-,12+;;;;/m1..../s1. The number of carbonyl (C=O) groups excluding carboxylic acids is 2. The predicted octanol–water partition coefficient (Wildman–Crippen LogP) is 4.70. The fourth-order valence-corrected chi connectivity index (χ4v) is 18.3. The van der Waals surface area contributed by atoms with E-state index < -0.39 is 67.7 Å². The molecule has 2 aliphatic heterocycles. The quantitative estimate of drug-likeness (QED) is 0.229. The SMILES string of the molecule is CCC[CH2][Sn]([CH2]CCC)([CH2]CCC)[O][C@H]1O[C@@H]2CO[C@@H](C)O[C@H]2[C@H](OC(C)=O)[C@H]1OC(C)=O. The van der Waals surface area contributed by atoms with E-state index in [4.69, 9.17) is 26.8 Å². The first kappa shape index (κ1) is 28.8. The summed E-state index contributed by atoms with van der Waals surface area (Å²) in [6, 6.07) is 0. The number of hydrogen-bond acceptors (Lipinski definition) is 8. The summed E-state index contributed by atoms with van der Waals surface area (Å²) in [5.41, 5.74) is 0. The second-order valence-corrected chi connectivity index (χ2v) is 21.0. The van der Waals surface area contributed by atoms with Crippen LogP contribution in [0.4, 0.5) is 0 Å². The van der Waals surface area contributed by atoms with Crippen LogP contribution in [-0.2, 0) is 36.3 Å². The van der Waals surface area contributed by atoms with Crippen LogP contribution in [0, 0.1) is 0 Å². The van der Waals surface area contributed by atoms with Crippen LogP contribution in [0.5, 0.6) is 0 Å². The molecule has 6 atom stereocenters. The average molecular weight is 579 g/mol. The summed E-state index contributed by atoms with van der Waals surface area (Å²) in [7, 11) is 0. The molecule has 192 valence electrons. The molecule has 0 saturated carbocycles. The minimum atomic E-state index is -3.15. The van der Waals surface area contributed by atoms with E-state index in [0.717, 1.165) is 51.8 Å². The van der Waals surface area contributed by atoms with Gasteiger partial charge >= 0.3 is 204 Å². The fraction of sp³-hybridized carbons (Fsp3) is 0.917. The topological polar surface area (TPSA) is 89.5 Å². The summed E-state index contributed by atoms with van der Waals surface area (Å²) in [6.07, 6.45) is 2.70. The molecule has 0 unspecified atom stereocenters. The average Bonchev–Trinajstić information content (AvgIpc) is 2.76. The van der Waals surface area contributed by atoms with Crippen LogP contribution in [0.3, 0.4) is 0 Å². The molecule has 0 aromatic carbocycles. The molecule has 2 fully saturated rings. The van der Waals surface area contributed by atoms with E-state index in [1.807, 2.05) is 0 Å². The van der Waals surface area contributed by atoms with Gasteiger partial charge in [0.15, 0.2) is 0 Å². The van der Waals surface area contributed by atoms with Crippen LogP contribution in [0.2, 0.25) is 13.3 Å². The Morgan fingerprint density at radius 1 is 0.848 bits per heavy atom. The second kappa shape index (κ2) is 14.2. The summed E-state index contributed by atoms with van der Waals surface area (Å²) in [4.78, 5) is 24.1. The fourth-order valence-electron chi connectivity index (χ4n) is 4.70. The van der Waals surface area contributed by atoms with E-state index in [0.29, 0.717) is 6.61 Å². The third-order valence-electron chi connectivity index (χ3n) is 6.36. The number of rotatable bonds is 13. The van der Waals surface area contributed by atoms with Crippen molar-refractivity contribution >= 4 is 30.7 Å². The van der Waals surface area contributed by atoms with Gasteiger partial charge in [-0.3, -0.25) is 0 Å². The van der Waals surface area contributed by atoms with Crippen LogP contribution in [0.15, 0.2) is 0 Å². The van der Waals surface area contributed by atoms with Crippen molar-refractivity contribution in [1.29, 1.82) is 0 Å². The number of ether oxygens (including phenoxy) is 5. The van der Waals surface area contributed by atoms with Crippen LogP contribution >= 0.6 is 0 Å². The summed E-state index contributed by atoms with van der Waals surface area (Å²) in [5.74, 6) is -0.929. The summed E-state index contributed by atoms with van der Waals surface area (Å²) < 4.78 is 39.7. The van der Waals surface area contributed by atoms with Crippen molar-refractivity contribution < 1.29 is 36.3 Å². The van der Waals surface area contributed by atoms with Crippen molar-refractivity contribution in [2.75, 3.05) is 6.61 Å². The normalized spacial score (nSPS) is 29.9. The van der Waals surface area contributed by atoms with E-state index in [1.165, 1.54) is 13.8 Å². The van der Waals surface area contributed by atoms with E-state index >= 15 is 0 Å². The van der Waals surface area contributed by atoms with E-state index in [1.54, 1.807) is 6.92 Å². The first-order valence-electron chi connectivity index (χ1n) is 12.7. The van der Waals surface area contributed by atoms with Gasteiger partial charge in [0.05, 0.1) is 0 Å². The van der Waals surface area contributed by atoms with Gasteiger partial charge in [0, 0.05) is 0 Å². The molecular weight excluding hydrogens is 535 g/mol. The van der Waals surface area contributed by atoms with Gasteiger partial charge in [-0.25, -0.2) is 0 Å². The Morgan fingerprint density at radius 3 is 1.85 bits per heavy atom. The van der Waals surface area contributed by atoms with Gasteiger partial charge in [-0.1, -0.05) is 0 Å². The maximum atomic E-state index is 12.1. The summed E-state index contributed by atoms with van der Waals surface area (Å²) in [6.45, 7) is 11.4. The van der Waals surface area contributed by atoms with Gasteiger partial charge in [0.1, 0.15) is 0 Å². The van der Waals surface area contributed by atoms with Gasteiger partial charge in [0.2, 0.25) is 0 Å². The van der Waals surface area contributed by atoms with Crippen LogP contribution in [0.1, 0.15) is 80.1 Å². The monoisotopic (exact) mass is 580 g/mol. The van der Waals surface area contributed by atoms with Crippen molar-refractivity contribution in [2.24, 2.45) is 0 Å². The molecule has 8 nitrogen and oxygen atoms in total. The Kier molecular flexibility index (Phi) is 12.4. The van der Waals surface area contributed by atoms with Crippen molar-refractivity contribution in [3.63, 3.8) is 0 Å². The molecule has 2 rings (SSSR count). The molecule has 0 aromatic heterocycles. The van der Waals surface area contributed by atoms with Crippen molar-refractivity contribution in [3.05, 3.63) is 0 Å². The molecule has 9 heteroatoms.